The van der Waals surface area contributed by atoms with Crippen LogP contribution < -0.4 is 10.2 Å². The Hall–Kier alpha value is -1.62. The first-order chi connectivity index (χ1) is 8.33. The third-order valence-electron chi connectivity index (χ3n) is 2.99. The molecule has 90 valence electrons. The van der Waals surface area contributed by atoms with Crippen molar-refractivity contribution in [1.29, 1.82) is 0 Å². The van der Waals surface area contributed by atoms with Crippen LogP contribution in [0.5, 0.6) is 0 Å². The second-order valence-corrected chi connectivity index (χ2v) is 4.36. The molecule has 2 aromatic rings. The van der Waals surface area contributed by atoms with Crippen LogP contribution in [0.4, 0.5) is 6.01 Å². The van der Waals surface area contributed by atoms with Crippen molar-refractivity contribution in [3.63, 3.8) is 0 Å². The molecule has 3 heterocycles. The molecule has 1 aliphatic rings. The summed E-state index contributed by atoms with van der Waals surface area (Å²) in [5.41, 5.74) is 2.44. The van der Waals surface area contributed by atoms with Crippen molar-refractivity contribution in [3.8, 4) is 0 Å². The summed E-state index contributed by atoms with van der Waals surface area (Å²) in [7, 11) is 0. The van der Waals surface area contributed by atoms with E-state index in [4.69, 9.17) is 4.42 Å². The summed E-state index contributed by atoms with van der Waals surface area (Å²) < 4.78 is 5.74. The molecular weight excluding hydrogens is 216 g/mol. The van der Waals surface area contributed by atoms with Gasteiger partial charge in [-0.05, 0) is 32.0 Å². The van der Waals surface area contributed by atoms with Gasteiger partial charge in [0.2, 0.25) is 5.65 Å². The molecule has 0 atom stereocenters. The van der Waals surface area contributed by atoms with Crippen LogP contribution in [0.1, 0.15) is 12.1 Å². The van der Waals surface area contributed by atoms with Gasteiger partial charge >= 0.3 is 0 Å². The van der Waals surface area contributed by atoms with E-state index in [2.05, 4.69) is 20.2 Å². The summed E-state index contributed by atoms with van der Waals surface area (Å²) in [4.78, 5) is 11.0. The van der Waals surface area contributed by atoms with Gasteiger partial charge in [0.05, 0.1) is 0 Å². The van der Waals surface area contributed by atoms with Crippen molar-refractivity contribution in [1.82, 2.24) is 15.3 Å². The van der Waals surface area contributed by atoms with Crippen LogP contribution in [0.2, 0.25) is 0 Å². The Balaban J connectivity index is 1.93. The van der Waals surface area contributed by atoms with Crippen molar-refractivity contribution < 1.29 is 4.42 Å². The van der Waals surface area contributed by atoms with E-state index in [-0.39, 0.29) is 0 Å². The average molecular weight is 232 g/mol. The van der Waals surface area contributed by atoms with E-state index in [9.17, 15) is 0 Å². The number of nitrogens with one attached hydrogen (secondary N) is 1. The third-order valence-corrected chi connectivity index (χ3v) is 2.99. The molecule has 0 unspecified atom stereocenters. The number of pyridine rings is 1. The molecule has 17 heavy (non-hydrogen) atoms. The van der Waals surface area contributed by atoms with Crippen molar-refractivity contribution in [2.24, 2.45) is 0 Å². The fourth-order valence-electron chi connectivity index (χ4n) is 2.07. The molecule has 2 aromatic heterocycles. The summed E-state index contributed by atoms with van der Waals surface area (Å²) in [6, 6.07) is 4.58. The van der Waals surface area contributed by atoms with Crippen molar-refractivity contribution in [2.75, 3.05) is 31.1 Å². The summed E-state index contributed by atoms with van der Waals surface area (Å²) in [6.45, 7) is 5.92. The summed E-state index contributed by atoms with van der Waals surface area (Å²) >= 11 is 0. The first-order valence-electron chi connectivity index (χ1n) is 6.03. The van der Waals surface area contributed by atoms with E-state index in [1.807, 2.05) is 19.1 Å². The van der Waals surface area contributed by atoms with Crippen LogP contribution in [0.3, 0.4) is 0 Å². The quantitative estimate of drug-likeness (QED) is 0.804. The van der Waals surface area contributed by atoms with Gasteiger partial charge in [0.15, 0.2) is 5.58 Å². The predicted molar refractivity (Wildman–Crippen MR) is 66.2 cm³/mol. The highest BCUT2D eigenvalue weighted by Gasteiger charge is 2.15. The van der Waals surface area contributed by atoms with E-state index in [0.717, 1.165) is 43.9 Å². The number of rotatable bonds is 1. The lowest BCUT2D eigenvalue weighted by Crippen LogP contribution is -2.27. The number of oxazole rings is 1. The van der Waals surface area contributed by atoms with Crippen LogP contribution in [-0.4, -0.2) is 36.1 Å². The normalized spacial score (nSPS) is 17.4. The third kappa shape index (κ3) is 2.10. The lowest BCUT2D eigenvalue weighted by Gasteiger charge is -2.16. The van der Waals surface area contributed by atoms with Gasteiger partial charge in [0, 0.05) is 25.3 Å². The maximum absolute atomic E-state index is 5.74. The second kappa shape index (κ2) is 4.33. The summed E-state index contributed by atoms with van der Waals surface area (Å²) in [5.74, 6) is 0. The number of nitrogens with zero attached hydrogens (tertiary/aromatic N) is 3. The number of hydrogen-bond acceptors (Lipinski definition) is 5. The van der Waals surface area contributed by atoms with E-state index in [1.54, 1.807) is 0 Å². The molecule has 1 N–H and O–H groups in total. The molecule has 1 aliphatic heterocycles. The highest BCUT2D eigenvalue weighted by molar-refractivity contribution is 5.70. The molecule has 0 spiro atoms. The van der Waals surface area contributed by atoms with Gasteiger partial charge in [-0.25, -0.2) is 4.98 Å². The van der Waals surface area contributed by atoms with Crippen molar-refractivity contribution in [2.45, 2.75) is 13.3 Å². The first kappa shape index (κ1) is 10.5. The summed E-state index contributed by atoms with van der Waals surface area (Å²) in [6.07, 6.45) is 1.12. The van der Waals surface area contributed by atoms with Gasteiger partial charge in [-0.1, -0.05) is 0 Å². The van der Waals surface area contributed by atoms with Crippen LogP contribution in [-0.2, 0) is 0 Å². The summed E-state index contributed by atoms with van der Waals surface area (Å²) in [5, 5.41) is 3.36. The highest BCUT2D eigenvalue weighted by atomic mass is 16.4. The Morgan fingerprint density at radius 1 is 1.24 bits per heavy atom. The van der Waals surface area contributed by atoms with Gasteiger partial charge in [-0.2, -0.15) is 4.98 Å². The zero-order chi connectivity index (χ0) is 11.7. The van der Waals surface area contributed by atoms with E-state index in [0.29, 0.717) is 11.7 Å². The largest absolute Gasteiger partial charge is 0.422 e. The van der Waals surface area contributed by atoms with Crippen molar-refractivity contribution in [3.05, 3.63) is 17.8 Å². The Kier molecular flexibility index (Phi) is 2.68. The molecule has 0 bridgehead atoms. The highest BCUT2D eigenvalue weighted by Crippen LogP contribution is 2.21. The SMILES string of the molecule is Cc1ccc2oc(N3CCCNCC3)nc2n1. The Morgan fingerprint density at radius 3 is 3.12 bits per heavy atom. The molecule has 0 aliphatic carbocycles. The maximum Gasteiger partial charge on any atom is 0.299 e. The van der Waals surface area contributed by atoms with E-state index < -0.39 is 0 Å². The van der Waals surface area contributed by atoms with Gasteiger partial charge in [-0.3, -0.25) is 0 Å². The number of aryl methyl sites for hydroxylation is 1. The number of hydrogen-bond donors (Lipinski definition) is 1. The molecule has 0 radical (unpaired) electrons. The first-order valence-corrected chi connectivity index (χ1v) is 6.03. The molecule has 0 saturated carbocycles. The second-order valence-electron chi connectivity index (χ2n) is 4.36. The molecule has 3 rings (SSSR count). The van der Waals surface area contributed by atoms with Crippen LogP contribution in [0.15, 0.2) is 16.5 Å². The van der Waals surface area contributed by atoms with Crippen molar-refractivity contribution >= 4 is 17.2 Å². The zero-order valence-corrected chi connectivity index (χ0v) is 9.94. The lowest BCUT2D eigenvalue weighted by molar-refractivity contribution is 0.571. The molecule has 5 nitrogen and oxygen atoms in total. The van der Waals surface area contributed by atoms with Gasteiger partial charge in [-0.15, -0.1) is 0 Å². The smallest absolute Gasteiger partial charge is 0.299 e. The Morgan fingerprint density at radius 2 is 2.18 bits per heavy atom. The average Bonchev–Trinajstić information content (AvgIpc) is 2.57. The molecule has 0 aromatic carbocycles. The fraction of sp³-hybridized carbons (Fsp3) is 0.500. The minimum Gasteiger partial charge on any atom is -0.422 e. The fourth-order valence-corrected chi connectivity index (χ4v) is 2.07. The lowest BCUT2D eigenvalue weighted by atomic mass is 10.4. The van der Waals surface area contributed by atoms with Crippen LogP contribution in [0.25, 0.3) is 11.2 Å². The van der Waals surface area contributed by atoms with E-state index >= 15 is 0 Å². The number of aromatic nitrogens is 2. The van der Waals surface area contributed by atoms with Crippen LogP contribution in [0, 0.1) is 6.92 Å². The Labute approximate surface area is 99.8 Å². The van der Waals surface area contributed by atoms with Gasteiger partial charge in [0.1, 0.15) is 0 Å². The minimum atomic E-state index is 0.696. The molecule has 1 fully saturated rings. The molecule has 0 amide bonds. The number of anilines is 1. The van der Waals surface area contributed by atoms with E-state index in [1.165, 1.54) is 0 Å². The molecular formula is C12H16N4O. The monoisotopic (exact) mass is 232 g/mol. The Bertz CT molecular complexity index is 514. The topological polar surface area (TPSA) is 54.2 Å². The molecule has 1 saturated heterocycles. The standard InChI is InChI=1S/C12H16N4O/c1-9-3-4-10-11(14-9)15-12(17-10)16-7-2-5-13-6-8-16/h3-4,13H,2,5-8H2,1H3. The minimum absolute atomic E-state index is 0.696. The number of fused-ring (bicyclic) bond motifs is 1. The van der Waals surface area contributed by atoms with Gasteiger partial charge < -0.3 is 14.6 Å². The zero-order valence-electron chi connectivity index (χ0n) is 9.94. The molecule has 5 heteroatoms. The predicted octanol–water partition coefficient (Wildman–Crippen LogP) is 1.33. The maximum atomic E-state index is 5.74. The van der Waals surface area contributed by atoms with Crippen LogP contribution >= 0.6 is 0 Å². The van der Waals surface area contributed by atoms with Gasteiger partial charge in [0.25, 0.3) is 6.01 Å².